The molecule has 0 bridgehead atoms. The van der Waals surface area contributed by atoms with Gasteiger partial charge in [0.1, 0.15) is 0 Å². The van der Waals surface area contributed by atoms with E-state index in [-0.39, 0.29) is 40.9 Å². The molecule has 5 saturated heterocycles. The predicted molar refractivity (Wildman–Crippen MR) is 395 cm³/mol. The van der Waals surface area contributed by atoms with Crippen LogP contribution in [-0.2, 0) is 30.4 Å². The lowest BCUT2D eigenvalue weighted by molar-refractivity contribution is 0.0600. The molecule has 0 atom stereocenters. The number of amides is 9. The van der Waals surface area contributed by atoms with Gasteiger partial charge in [-0.05, 0) is 186 Å². The Labute approximate surface area is 606 Å². The number of ether oxygens (including phenoxy) is 1. The molecule has 102 heavy (non-hydrogen) atoms. The fraction of sp³-hybridized carbons (Fsp3) is 0.564. The predicted octanol–water partition coefficient (Wildman–Crippen LogP) is 8.19. The molecule has 5 aliphatic heterocycles. The summed E-state index contributed by atoms with van der Waals surface area (Å²) in [6.45, 7) is 12.9. The highest BCUT2D eigenvalue weighted by Gasteiger charge is 2.40. The molecule has 9 amide bonds. The molecular weight excluding hydrogens is 1290 g/mol. The number of likely N-dealkylation sites (tertiary alicyclic amines) is 4. The molecule has 4 aromatic rings. The molecule has 5 N–H and O–H groups in total. The summed E-state index contributed by atoms with van der Waals surface area (Å²) in [6.07, 6.45) is 10.3. The second-order valence-corrected chi connectivity index (χ2v) is 28.8. The second kappa shape index (κ2) is 41.0. The fourth-order valence-corrected chi connectivity index (χ4v) is 13.2. The number of rotatable bonds is 21. The van der Waals surface area contributed by atoms with Gasteiger partial charge in [0.25, 0.3) is 0 Å². The maximum Gasteiger partial charge on any atom is 0.337 e. The van der Waals surface area contributed by atoms with E-state index in [0.717, 1.165) is 121 Å². The molecule has 24 heteroatoms. The van der Waals surface area contributed by atoms with Crippen LogP contribution >= 0.6 is 0 Å². The average molecular weight is 1400 g/mol. The number of nitriles is 4. The number of nitrogens with two attached hydrogens (primary N) is 1. The van der Waals surface area contributed by atoms with Gasteiger partial charge in [-0.2, -0.15) is 21.0 Å². The molecule has 0 saturated carbocycles. The Balaban J connectivity index is 0.000000214. The number of esters is 1. The van der Waals surface area contributed by atoms with Crippen molar-refractivity contribution >= 4 is 36.0 Å². The summed E-state index contributed by atoms with van der Waals surface area (Å²) < 4.78 is 4.71. The molecule has 4 aromatic carbocycles. The molecular formula is C78H111N17O7. The number of methoxy groups -OCH3 is 1. The van der Waals surface area contributed by atoms with Gasteiger partial charge in [-0.3, -0.25) is 4.79 Å². The number of piperazine rings is 1. The Morgan fingerprint density at radius 1 is 0.422 bits per heavy atom. The SMILES string of the molecule is CN(C)CCNC(=O)N1CCC(C#N)(CCc2ccc(C(N)=O)cc2)CC1.CN(C)CCNC(=O)N1CCC(C#N)(Cc2ccccc2)CC1.CN1CCN(C(=O)N2CCC(C#N)(Cc3ccccc3)CC2)CC1.COC(=O)c1ccc(CCC2(C#N)CCN(C(=O)NCCN(C)C)CC2)cc1. The van der Waals surface area contributed by atoms with Crippen molar-refractivity contribution in [1.29, 1.82) is 21.0 Å². The Hall–Kier alpha value is -9.30. The van der Waals surface area contributed by atoms with Crippen LogP contribution in [0.4, 0.5) is 19.2 Å². The summed E-state index contributed by atoms with van der Waals surface area (Å²) >= 11 is 0. The van der Waals surface area contributed by atoms with Crippen molar-refractivity contribution in [3.63, 3.8) is 0 Å². The van der Waals surface area contributed by atoms with E-state index >= 15 is 0 Å². The third-order valence-electron chi connectivity index (χ3n) is 20.4. The van der Waals surface area contributed by atoms with Gasteiger partial charge >= 0.3 is 30.1 Å². The molecule has 0 unspecified atom stereocenters. The number of nitrogens with zero attached hydrogens (tertiary/aromatic N) is 13. The molecule has 24 nitrogen and oxygen atoms in total. The Kier molecular flexibility index (Phi) is 32.8. The highest BCUT2D eigenvalue weighted by Crippen LogP contribution is 2.39. The Morgan fingerprint density at radius 3 is 1.03 bits per heavy atom. The molecule has 0 spiro atoms. The quantitative estimate of drug-likeness (QED) is 0.0572. The number of hydrogen-bond acceptors (Lipinski definition) is 15. The minimum Gasteiger partial charge on any atom is -0.465 e. The molecule has 0 aliphatic carbocycles. The van der Waals surface area contributed by atoms with E-state index in [9.17, 15) is 49.8 Å². The third kappa shape index (κ3) is 26.3. The summed E-state index contributed by atoms with van der Waals surface area (Å²) in [7, 11) is 15.3. The van der Waals surface area contributed by atoms with Crippen molar-refractivity contribution in [3.8, 4) is 24.3 Å². The van der Waals surface area contributed by atoms with E-state index in [4.69, 9.17) is 10.5 Å². The van der Waals surface area contributed by atoms with E-state index in [0.29, 0.717) is 109 Å². The molecule has 9 rings (SSSR count). The van der Waals surface area contributed by atoms with Gasteiger partial charge in [0, 0.05) is 123 Å². The van der Waals surface area contributed by atoms with Crippen molar-refractivity contribution in [1.82, 2.24) is 60.0 Å². The van der Waals surface area contributed by atoms with Gasteiger partial charge in [0.05, 0.1) is 58.6 Å². The van der Waals surface area contributed by atoms with Crippen LogP contribution in [0.15, 0.2) is 109 Å². The number of benzene rings is 4. The third-order valence-corrected chi connectivity index (χ3v) is 20.4. The molecule has 5 fully saturated rings. The molecule has 5 aliphatic rings. The van der Waals surface area contributed by atoms with Crippen LogP contribution in [0.2, 0.25) is 0 Å². The lowest BCUT2D eigenvalue weighted by Crippen LogP contribution is -2.54. The summed E-state index contributed by atoms with van der Waals surface area (Å²) in [6, 6.07) is 45.0. The lowest BCUT2D eigenvalue weighted by Gasteiger charge is -2.41. The van der Waals surface area contributed by atoms with Crippen LogP contribution < -0.4 is 21.7 Å². The summed E-state index contributed by atoms with van der Waals surface area (Å²) in [4.78, 5) is 89.6. The van der Waals surface area contributed by atoms with Crippen LogP contribution in [0, 0.1) is 67.0 Å². The maximum atomic E-state index is 12.7. The first kappa shape index (κ1) is 81.7. The number of carbonyl (C=O) groups is 6. The molecule has 550 valence electrons. The highest BCUT2D eigenvalue weighted by molar-refractivity contribution is 5.92. The topological polar surface area (TPSA) is 298 Å². The van der Waals surface area contributed by atoms with Gasteiger partial charge < -0.3 is 70.5 Å². The van der Waals surface area contributed by atoms with Crippen LogP contribution in [0.5, 0.6) is 0 Å². The monoisotopic (exact) mass is 1400 g/mol. The molecule has 0 radical (unpaired) electrons. The normalized spacial score (nSPS) is 17.4. The van der Waals surface area contributed by atoms with Crippen LogP contribution in [0.3, 0.4) is 0 Å². The zero-order valence-corrected chi connectivity index (χ0v) is 61.8. The van der Waals surface area contributed by atoms with Crippen LogP contribution in [0.1, 0.15) is 107 Å². The minimum atomic E-state index is -0.439. The van der Waals surface area contributed by atoms with E-state index in [1.165, 1.54) is 18.2 Å². The Morgan fingerprint density at radius 2 is 0.725 bits per heavy atom. The Bertz CT molecular complexity index is 3430. The number of piperidine rings is 4. The number of hydrogen-bond donors (Lipinski definition) is 4. The minimum absolute atomic E-state index is 0.0156. The lowest BCUT2D eigenvalue weighted by atomic mass is 9.75. The number of primary amides is 1. The zero-order valence-electron chi connectivity index (χ0n) is 61.8. The first-order valence-corrected chi connectivity index (χ1v) is 35.9. The van der Waals surface area contributed by atoms with Gasteiger partial charge in [0.2, 0.25) is 5.91 Å². The van der Waals surface area contributed by atoms with Crippen LogP contribution in [0.25, 0.3) is 0 Å². The van der Waals surface area contributed by atoms with Gasteiger partial charge in [-0.25, -0.2) is 24.0 Å². The number of nitrogens with one attached hydrogen (secondary N) is 3. The van der Waals surface area contributed by atoms with Crippen LogP contribution in [-0.4, -0.2) is 254 Å². The number of carbonyl (C=O) groups excluding carboxylic acids is 6. The molecule has 0 aromatic heterocycles. The van der Waals surface area contributed by atoms with Gasteiger partial charge in [-0.1, -0.05) is 84.9 Å². The van der Waals surface area contributed by atoms with Gasteiger partial charge in [0.15, 0.2) is 0 Å². The highest BCUT2D eigenvalue weighted by atomic mass is 16.5. The van der Waals surface area contributed by atoms with Gasteiger partial charge in [-0.15, -0.1) is 0 Å². The van der Waals surface area contributed by atoms with Crippen molar-refractivity contribution in [3.05, 3.63) is 143 Å². The first-order chi connectivity index (χ1) is 48.9. The average Bonchev–Trinajstić information content (AvgIpc) is 0.829. The number of aryl methyl sites for hydroxylation is 2. The van der Waals surface area contributed by atoms with E-state index < -0.39 is 16.7 Å². The zero-order chi connectivity index (χ0) is 74.1. The van der Waals surface area contributed by atoms with Crippen molar-refractivity contribution in [2.24, 2.45) is 27.4 Å². The number of urea groups is 4. The standard InChI is InChI=1S/C21H30N4O3.C20H29N5O2.C19H26N4O.C18H26N4O/c1-24(2)15-12-23-20(27)25-13-10-21(16-22,11-14-25)9-8-17-4-6-18(7-5-17)19(26)28-3;1-24(2)14-11-23-19(27)25-12-9-20(15-21,10-13-25)8-7-16-3-5-17(6-4-16)18(22)26;1-21-11-13-23(14-12-21)18(24)22-9-7-19(16-20,8-10-22)15-17-5-3-2-4-6-17;1-21(2)13-10-20-17(23)22-11-8-18(15-19,9-12-22)14-16-6-4-3-5-7-16/h4-7H,8-15H2,1-3H3,(H,23,27);3-6H,7-14H2,1-2H3,(H2,22,26)(H,23,27);2-6H,7-15H2,1H3;3-7H,8-14H2,1-2H3,(H,20,23). The van der Waals surface area contributed by atoms with Crippen molar-refractivity contribution in [2.75, 3.05) is 174 Å². The van der Waals surface area contributed by atoms with E-state index in [1.807, 2.05) is 132 Å². The largest absolute Gasteiger partial charge is 0.465 e. The summed E-state index contributed by atoms with van der Waals surface area (Å²) in [5.74, 6) is -0.789. The first-order valence-electron chi connectivity index (χ1n) is 35.9. The second-order valence-electron chi connectivity index (χ2n) is 28.8. The smallest absolute Gasteiger partial charge is 0.337 e. The molecule has 5 heterocycles. The van der Waals surface area contributed by atoms with Crippen molar-refractivity contribution in [2.45, 2.75) is 89.9 Å². The van der Waals surface area contributed by atoms with Crippen molar-refractivity contribution < 1.29 is 33.5 Å². The fourth-order valence-electron chi connectivity index (χ4n) is 13.2. The van der Waals surface area contributed by atoms with E-state index in [2.05, 4.69) is 76.4 Å². The van der Waals surface area contributed by atoms with E-state index in [1.54, 1.807) is 34.1 Å². The summed E-state index contributed by atoms with van der Waals surface area (Å²) in [5, 5.41) is 47.7. The summed E-state index contributed by atoms with van der Waals surface area (Å²) in [5.41, 5.74) is 9.36. The number of likely N-dealkylation sites (N-methyl/N-ethyl adjacent to an activating group) is 4. The maximum absolute atomic E-state index is 12.7.